The number of carbonyl (C=O) groups is 1. The lowest BCUT2D eigenvalue weighted by Gasteiger charge is -2.13. The first kappa shape index (κ1) is 20.3. The summed E-state index contributed by atoms with van der Waals surface area (Å²) in [5.41, 5.74) is 1.67. The molecule has 0 spiro atoms. The Morgan fingerprint density at radius 1 is 0.966 bits per heavy atom. The van der Waals surface area contributed by atoms with Crippen molar-refractivity contribution in [1.82, 2.24) is 0 Å². The normalized spacial score (nSPS) is 11.0. The van der Waals surface area contributed by atoms with Crippen LogP contribution in [0.5, 0.6) is 5.75 Å². The van der Waals surface area contributed by atoms with Gasteiger partial charge in [-0.3, -0.25) is 9.52 Å². The number of carbonyl (C=O) groups excluding carboxylic acids is 1. The molecule has 3 aromatic rings. The van der Waals surface area contributed by atoms with Crippen molar-refractivity contribution in [2.45, 2.75) is 11.8 Å². The van der Waals surface area contributed by atoms with Crippen LogP contribution in [0.4, 0.5) is 15.8 Å². The molecule has 0 aliphatic heterocycles. The first-order valence-corrected chi connectivity index (χ1v) is 10.1. The highest BCUT2D eigenvalue weighted by molar-refractivity contribution is 7.92. The van der Waals surface area contributed by atoms with E-state index >= 15 is 0 Å². The third-order valence-corrected chi connectivity index (χ3v) is 5.60. The van der Waals surface area contributed by atoms with Gasteiger partial charge in [-0.15, -0.1) is 0 Å². The molecule has 0 bridgehead atoms. The van der Waals surface area contributed by atoms with E-state index in [-0.39, 0.29) is 10.5 Å². The van der Waals surface area contributed by atoms with Crippen LogP contribution < -0.4 is 14.8 Å². The second kappa shape index (κ2) is 8.32. The minimum atomic E-state index is -3.87. The van der Waals surface area contributed by atoms with Crippen molar-refractivity contribution < 1.29 is 22.3 Å². The van der Waals surface area contributed by atoms with Gasteiger partial charge in [-0.05, 0) is 73.2 Å². The van der Waals surface area contributed by atoms with Crippen molar-refractivity contribution in [2.75, 3.05) is 17.1 Å². The molecular formula is C21H19FN2O4S. The van der Waals surface area contributed by atoms with Gasteiger partial charge in [-0.25, -0.2) is 12.8 Å². The number of sulfonamides is 1. The van der Waals surface area contributed by atoms with Crippen LogP contribution in [0.25, 0.3) is 0 Å². The summed E-state index contributed by atoms with van der Waals surface area (Å²) >= 11 is 0. The van der Waals surface area contributed by atoms with Gasteiger partial charge in [0.25, 0.3) is 15.9 Å². The average Bonchev–Trinajstić information content (AvgIpc) is 2.70. The number of anilines is 2. The molecule has 29 heavy (non-hydrogen) atoms. The van der Waals surface area contributed by atoms with Crippen LogP contribution in [0.1, 0.15) is 15.9 Å². The molecule has 0 saturated carbocycles. The summed E-state index contributed by atoms with van der Waals surface area (Å²) in [5.74, 6) is -0.310. The van der Waals surface area contributed by atoms with E-state index in [1.165, 1.54) is 43.5 Å². The number of halogens is 1. The zero-order valence-electron chi connectivity index (χ0n) is 15.8. The maximum atomic E-state index is 13.0. The van der Waals surface area contributed by atoms with E-state index in [1.54, 1.807) is 37.3 Å². The van der Waals surface area contributed by atoms with E-state index in [0.717, 1.165) is 0 Å². The van der Waals surface area contributed by atoms with Crippen LogP contribution in [0.2, 0.25) is 0 Å². The summed E-state index contributed by atoms with van der Waals surface area (Å²) in [7, 11) is -2.35. The summed E-state index contributed by atoms with van der Waals surface area (Å²) in [6, 6.07) is 16.0. The Bertz CT molecular complexity index is 1130. The molecule has 6 nitrogen and oxygen atoms in total. The van der Waals surface area contributed by atoms with Gasteiger partial charge in [0, 0.05) is 16.9 Å². The zero-order chi connectivity index (χ0) is 21.0. The van der Waals surface area contributed by atoms with Crippen LogP contribution in [0.15, 0.2) is 71.6 Å². The molecule has 1 amide bonds. The fourth-order valence-corrected chi connectivity index (χ4v) is 3.66. The van der Waals surface area contributed by atoms with Crippen molar-refractivity contribution in [3.63, 3.8) is 0 Å². The minimum Gasteiger partial charge on any atom is -0.497 e. The Morgan fingerprint density at radius 2 is 1.62 bits per heavy atom. The molecule has 0 aromatic heterocycles. The number of benzene rings is 3. The van der Waals surface area contributed by atoms with Crippen LogP contribution in [-0.4, -0.2) is 21.4 Å². The van der Waals surface area contributed by atoms with E-state index in [2.05, 4.69) is 10.0 Å². The Balaban J connectivity index is 1.83. The predicted octanol–water partition coefficient (Wildman–Crippen LogP) is 4.20. The third kappa shape index (κ3) is 4.91. The number of hydrogen-bond acceptors (Lipinski definition) is 4. The van der Waals surface area contributed by atoms with Crippen LogP contribution in [0, 0.1) is 12.7 Å². The number of methoxy groups -OCH3 is 1. The smallest absolute Gasteiger partial charge is 0.261 e. The van der Waals surface area contributed by atoms with Gasteiger partial charge in [-0.2, -0.15) is 0 Å². The molecule has 0 unspecified atom stereocenters. The van der Waals surface area contributed by atoms with Crippen molar-refractivity contribution in [3.05, 3.63) is 83.7 Å². The number of aryl methyl sites for hydroxylation is 1. The van der Waals surface area contributed by atoms with Crippen molar-refractivity contribution in [3.8, 4) is 5.75 Å². The number of amides is 1. The molecule has 0 aliphatic rings. The van der Waals surface area contributed by atoms with E-state index in [9.17, 15) is 17.6 Å². The topological polar surface area (TPSA) is 84.5 Å². The zero-order valence-corrected chi connectivity index (χ0v) is 16.6. The highest BCUT2D eigenvalue weighted by Crippen LogP contribution is 2.24. The average molecular weight is 414 g/mol. The Hall–Kier alpha value is -3.39. The Kier molecular flexibility index (Phi) is 5.84. The van der Waals surface area contributed by atoms with Crippen molar-refractivity contribution in [2.24, 2.45) is 0 Å². The van der Waals surface area contributed by atoms with Gasteiger partial charge in [0.1, 0.15) is 11.6 Å². The van der Waals surface area contributed by atoms with Gasteiger partial charge in [-0.1, -0.05) is 6.07 Å². The van der Waals surface area contributed by atoms with Gasteiger partial charge < -0.3 is 10.1 Å². The quantitative estimate of drug-likeness (QED) is 0.633. The molecule has 3 aromatic carbocycles. The highest BCUT2D eigenvalue weighted by atomic mass is 32.2. The number of nitrogens with one attached hydrogen (secondary N) is 2. The summed E-state index contributed by atoms with van der Waals surface area (Å²) in [6.07, 6.45) is 0. The first-order chi connectivity index (χ1) is 13.8. The molecule has 8 heteroatoms. The second-order valence-corrected chi connectivity index (χ2v) is 7.95. The van der Waals surface area contributed by atoms with Crippen LogP contribution >= 0.6 is 0 Å². The standard InChI is InChI=1S/C21H19FN2O4S/c1-14-3-12-19(29(26,27)24-17-8-10-18(28-2)11-9-17)13-20(14)23-21(25)15-4-6-16(22)7-5-15/h3-13,24H,1-2H3,(H,23,25). The maximum absolute atomic E-state index is 13.0. The summed E-state index contributed by atoms with van der Waals surface area (Å²) in [4.78, 5) is 12.4. The number of rotatable bonds is 6. The molecule has 0 aliphatic carbocycles. The SMILES string of the molecule is COc1ccc(NS(=O)(=O)c2ccc(C)c(NC(=O)c3ccc(F)cc3)c2)cc1. The largest absolute Gasteiger partial charge is 0.497 e. The number of hydrogen-bond donors (Lipinski definition) is 2. The van der Waals surface area contributed by atoms with Crippen LogP contribution in [0.3, 0.4) is 0 Å². The first-order valence-electron chi connectivity index (χ1n) is 8.63. The molecular weight excluding hydrogens is 395 g/mol. The lowest BCUT2D eigenvalue weighted by atomic mass is 10.1. The minimum absolute atomic E-state index is 0.00618. The molecule has 3 rings (SSSR count). The summed E-state index contributed by atoms with van der Waals surface area (Å²) in [5, 5.41) is 2.67. The molecule has 0 heterocycles. The van der Waals surface area contributed by atoms with Gasteiger partial charge in [0.05, 0.1) is 12.0 Å². The highest BCUT2D eigenvalue weighted by Gasteiger charge is 2.17. The maximum Gasteiger partial charge on any atom is 0.261 e. The Labute approximate surface area is 168 Å². The molecule has 0 fully saturated rings. The van der Waals surface area contributed by atoms with Gasteiger partial charge in [0.2, 0.25) is 0 Å². The summed E-state index contributed by atoms with van der Waals surface area (Å²) in [6.45, 7) is 1.74. The molecule has 2 N–H and O–H groups in total. The predicted molar refractivity (Wildman–Crippen MR) is 109 cm³/mol. The van der Waals surface area contributed by atoms with Crippen molar-refractivity contribution in [1.29, 1.82) is 0 Å². The molecule has 0 atom stereocenters. The fourth-order valence-electron chi connectivity index (χ4n) is 2.57. The van der Waals surface area contributed by atoms with E-state index in [4.69, 9.17) is 4.74 Å². The van der Waals surface area contributed by atoms with Crippen molar-refractivity contribution >= 4 is 27.3 Å². The lowest BCUT2D eigenvalue weighted by molar-refractivity contribution is 0.102. The number of ether oxygens (including phenoxy) is 1. The molecule has 0 radical (unpaired) electrons. The monoisotopic (exact) mass is 414 g/mol. The lowest BCUT2D eigenvalue weighted by Crippen LogP contribution is -2.16. The van der Waals surface area contributed by atoms with Gasteiger partial charge in [0.15, 0.2) is 0 Å². The molecule has 0 saturated heterocycles. The van der Waals surface area contributed by atoms with Gasteiger partial charge >= 0.3 is 0 Å². The third-order valence-electron chi connectivity index (χ3n) is 4.22. The van der Waals surface area contributed by atoms with Crippen LogP contribution in [-0.2, 0) is 10.0 Å². The Morgan fingerprint density at radius 3 is 2.24 bits per heavy atom. The van der Waals surface area contributed by atoms with E-state index in [0.29, 0.717) is 22.7 Å². The van der Waals surface area contributed by atoms with E-state index in [1.807, 2.05) is 0 Å². The van der Waals surface area contributed by atoms with E-state index < -0.39 is 21.7 Å². The summed E-state index contributed by atoms with van der Waals surface area (Å²) < 4.78 is 46.0. The molecule has 150 valence electrons. The fraction of sp³-hybridized carbons (Fsp3) is 0.0952. The second-order valence-electron chi connectivity index (χ2n) is 6.27.